The lowest BCUT2D eigenvalue weighted by Crippen LogP contribution is -2.28. The van der Waals surface area contributed by atoms with Gasteiger partial charge < -0.3 is 0 Å². The minimum absolute atomic E-state index is 0.248. The Kier molecular flexibility index (Phi) is 5.50. The van der Waals surface area contributed by atoms with E-state index in [0.717, 1.165) is 11.1 Å². The predicted octanol–water partition coefficient (Wildman–Crippen LogP) is 4.48. The molecular weight excluding hydrogens is 341 g/mol. The molecule has 3 nitrogen and oxygen atoms in total. The van der Waals surface area contributed by atoms with Crippen LogP contribution in [-0.4, -0.2) is 8.42 Å². The van der Waals surface area contributed by atoms with Gasteiger partial charge in [-0.3, -0.25) is 0 Å². The number of sulfonamides is 1. The van der Waals surface area contributed by atoms with Gasteiger partial charge in [0, 0.05) is 21.7 Å². The lowest BCUT2D eigenvalue weighted by atomic mass is 10.1. The van der Waals surface area contributed by atoms with Crippen LogP contribution in [0.2, 0.25) is 10.0 Å². The maximum atomic E-state index is 12.3. The molecule has 0 saturated heterocycles. The first-order valence-corrected chi connectivity index (χ1v) is 9.19. The largest absolute Gasteiger partial charge is 0.216 e. The molecule has 0 aromatic heterocycles. The highest BCUT2D eigenvalue weighted by molar-refractivity contribution is 7.88. The lowest BCUT2D eigenvalue weighted by Gasteiger charge is -2.16. The molecule has 0 unspecified atom stereocenters. The van der Waals surface area contributed by atoms with Crippen LogP contribution in [0.3, 0.4) is 0 Å². The number of halogens is 2. The highest BCUT2D eigenvalue weighted by Crippen LogP contribution is 2.26. The first-order valence-electron chi connectivity index (χ1n) is 6.78. The summed E-state index contributed by atoms with van der Waals surface area (Å²) < 4.78 is 27.3. The summed E-state index contributed by atoms with van der Waals surface area (Å²) in [7, 11) is -3.56. The third kappa shape index (κ3) is 4.46. The second-order valence-electron chi connectivity index (χ2n) is 5.21. The third-order valence-corrected chi connectivity index (χ3v) is 5.42. The third-order valence-electron chi connectivity index (χ3n) is 3.33. The van der Waals surface area contributed by atoms with E-state index in [1.165, 1.54) is 0 Å². The normalized spacial score (nSPS) is 13.1. The average Bonchev–Trinajstić information content (AvgIpc) is 2.43. The zero-order chi connectivity index (χ0) is 16.3. The number of nitrogens with one attached hydrogen (secondary N) is 1. The summed E-state index contributed by atoms with van der Waals surface area (Å²) in [5.74, 6) is -0.248. The van der Waals surface area contributed by atoms with Crippen LogP contribution in [0.5, 0.6) is 0 Å². The molecular formula is C16H17Cl2NO2S. The van der Waals surface area contributed by atoms with E-state index >= 15 is 0 Å². The van der Waals surface area contributed by atoms with Gasteiger partial charge in [0.2, 0.25) is 10.0 Å². The molecule has 0 spiro atoms. The number of hydrogen-bond donors (Lipinski definition) is 1. The van der Waals surface area contributed by atoms with Crippen molar-refractivity contribution in [2.24, 2.45) is 0 Å². The van der Waals surface area contributed by atoms with Gasteiger partial charge in [-0.25, -0.2) is 13.1 Å². The van der Waals surface area contributed by atoms with E-state index in [-0.39, 0.29) is 11.8 Å². The number of benzene rings is 2. The first-order chi connectivity index (χ1) is 10.3. The number of aryl methyl sites for hydroxylation is 1. The highest BCUT2D eigenvalue weighted by Gasteiger charge is 2.19. The molecule has 0 saturated carbocycles. The van der Waals surface area contributed by atoms with E-state index in [4.69, 9.17) is 23.2 Å². The molecule has 2 rings (SSSR count). The second kappa shape index (κ2) is 7.01. The molecule has 0 fully saturated rings. The fraction of sp³-hybridized carbons (Fsp3) is 0.250. The topological polar surface area (TPSA) is 46.2 Å². The van der Waals surface area contributed by atoms with Crippen molar-refractivity contribution < 1.29 is 8.42 Å². The summed E-state index contributed by atoms with van der Waals surface area (Å²) in [6.45, 7) is 3.79. The molecule has 0 aliphatic heterocycles. The van der Waals surface area contributed by atoms with E-state index in [9.17, 15) is 8.42 Å². The molecule has 2 aromatic rings. The minimum Gasteiger partial charge on any atom is -0.212 e. The van der Waals surface area contributed by atoms with Crippen LogP contribution in [0.15, 0.2) is 42.5 Å². The summed E-state index contributed by atoms with van der Waals surface area (Å²) in [5.41, 5.74) is 2.44. The fourth-order valence-electron chi connectivity index (χ4n) is 2.09. The molecule has 2 aromatic carbocycles. The highest BCUT2D eigenvalue weighted by atomic mass is 35.5. The lowest BCUT2D eigenvalue weighted by molar-refractivity contribution is 0.566. The molecule has 22 heavy (non-hydrogen) atoms. The molecule has 0 heterocycles. The van der Waals surface area contributed by atoms with Gasteiger partial charge in [0.05, 0.1) is 5.75 Å². The van der Waals surface area contributed by atoms with Crippen molar-refractivity contribution in [1.29, 1.82) is 0 Å². The Hall–Kier alpha value is -1.07. The Morgan fingerprint density at radius 1 is 1.05 bits per heavy atom. The van der Waals surface area contributed by atoms with E-state index in [1.54, 1.807) is 25.1 Å². The quantitative estimate of drug-likeness (QED) is 0.856. The van der Waals surface area contributed by atoms with Crippen LogP contribution < -0.4 is 4.72 Å². The van der Waals surface area contributed by atoms with Crippen molar-refractivity contribution in [3.63, 3.8) is 0 Å². The summed E-state index contributed by atoms with van der Waals surface area (Å²) >= 11 is 12.1. The molecule has 1 atom stereocenters. The number of rotatable bonds is 5. The zero-order valence-electron chi connectivity index (χ0n) is 12.3. The van der Waals surface area contributed by atoms with Crippen LogP contribution >= 0.6 is 23.2 Å². The standard InChI is InChI=1S/C16H17Cl2NO2S/c1-11-6-8-13(9-7-11)12(2)19-22(20,21)10-14-15(17)4-3-5-16(14)18/h3-9,12,19H,10H2,1-2H3/t12-/m0/s1. The van der Waals surface area contributed by atoms with E-state index in [2.05, 4.69) is 4.72 Å². The molecule has 1 N–H and O–H groups in total. The molecule has 0 radical (unpaired) electrons. The van der Waals surface area contributed by atoms with Crippen LogP contribution in [0.1, 0.15) is 29.7 Å². The molecule has 0 amide bonds. The Morgan fingerprint density at radius 2 is 1.59 bits per heavy atom. The summed E-state index contributed by atoms with van der Waals surface area (Å²) in [6.07, 6.45) is 0. The van der Waals surface area contributed by atoms with Crippen LogP contribution in [-0.2, 0) is 15.8 Å². The molecule has 6 heteroatoms. The Balaban J connectivity index is 2.16. The van der Waals surface area contributed by atoms with E-state index < -0.39 is 10.0 Å². The predicted molar refractivity (Wildman–Crippen MR) is 91.8 cm³/mol. The Bertz CT molecular complexity index is 738. The Morgan fingerprint density at radius 3 is 2.14 bits per heavy atom. The molecule has 118 valence electrons. The van der Waals surface area contributed by atoms with Crippen molar-refractivity contribution in [2.45, 2.75) is 25.6 Å². The zero-order valence-corrected chi connectivity index (χ0v) is 14.6. The SMILES string of the molecule is Cc1ccc([C@H](C)NS(=O)(=O)Cc2c(Cl)cccc2Cl)cc1. The molecule has 0 aliphatic rings. The van der Waals surface area contributed by atoms with Crippen molar-refractivity contribution in [1.82, 2.24) is 4.72 Å². The van der Waals surface area contributed by atoms with Crippen molar-refractivity contribution in [3.8, 4) is 0 Å². The van der Waals surface area contributed by atoms with Gasteiger partial charge in [-0.2, -0.15) is 0 Å². The molecule has 0 aliphatic carbocycles. The van der Waals surface area contributed by atoms with Crippen molar-refractivity contribution >= 4 is 33.2 Å². The van der Waals surface area contributed by atoms with Gasteiger partial charge in [-0.05, 0) is 31.5 Å². The van der Waals surface area contributed by atoms with E-state index in [0.29, 0.717) is 15.6 Å². The maximum Gasteiger partial charge on any atom is 0.216 e. The second-order valence-corrected chi connectivity index (χ2v) is 7.78. The average molecular weight is 358 g/mol. The van der Waals surface area contributed by atoms with Gasteiger partial charge >= 0.3 is 0 Å². The van der Waals surface area contributed by atoms with Crippen LogP contribution in [0.4, 0.5) is 0 Å². The van der Waals surface area contributed by atoms with Crippen LogP contribution in [0, 0.1) is 6.92 Å². The van der Waals surface area contributed by atoms with Gasteiger partial charge in [0.25, 0.3) is 0 Å². The Labute approximate surface area is 141 Å². The summed E-state index contributed by atoms with van der Waals surface area (Å²) in [4.78, 5) is 0. The van der Waals surface area contributed by atoms with Crippen LogP contribution in [0.25, 0.3) is 0 Å². The monoisotopic (exact) mass is 357 g/mol. The van der Waals surface area contributed by atoms with Gasteiger partial charge in [-0.1, -0.05) is 59.1 Å². The fourth-order valence-corrected chi connectivity index (χ4v) is 4.23. The van der Waals surface area contributed by atoms with E-state index in [1.807, 2.05) is 31.2 Å². The summed E-state index contributed by atoms with van der Waals surface area (Å²) in [5, 5.41) is 0.696. The van der Waals surface area contributed by atoms with Crippen molar-refractivity contribution in [2.75, 3.05) is 0 Å². The summed E-state index contributed by atoms with van der Waals surface area (Å²) in [6, 6.07) is 12.3. The smallest absolute Gasteiger partial charge is 0.212 e. The molecule has 0 bridgehead atoms. The number of hydrogen-bond acceptors (Lipinski definition) is 2. The minimum atomic E-state index is -3.56. The van der Waals surface area contributed by atoms with Gasteiger partial charge in [-0.15, -0.1) is 0 Å². The van der Waals surface area contributed by atoms with Crippen molar-refractivity contribution in [3.05, 3.63) is 69.2 Å². The first kappa shape index (κ1) is 17.3. The van der Waals surface area contributed by atoms with Gasteiger partial charge in [0.15, 0.2) is 0 Å². The maximum absolute atomic E-state index is 12.3. The van der Waals surface area contributed by atoms with Gasteiger partial charge in [0.1, 0.15) is 0 Å².